The average Bonchev–Trinajstić information content (AvgIpc) is 3.28. The fourth-order valence-electron chi connectivity index (χ4n) is 3.15. The average molecular weight is 484 g/mol. The molecular formula is C25H35FeP3-6. The first-order valence-corrected chi connectivity index (χ1v) is 13.8. The second-order valence-electron chi connectivity index (χ2n) is 7.89. The van der Waals surface area contributed by atoms with Crippen molar-refractivity contribution in [2.75, 3.05) is 0 Å². The van der Waals surface area contributed by atoms with Gasteiger partial charge in [-0.15, -0.1) is 27.8 Å². The predicted octanol–water partition coefficient (Wildman–Crippen LogP) is 6.07. The molecule has 164 valence electrons. The van der Waals surface area contributed by atoms with Gasteiger partial charge in [-0.05, 0) is 11.3 Å². The summed E-state index contributed by atoms with van der Waals surface area (Å²) in [4.78, 5) is 0. The maximum absolute atomic E-state index is 2.31. The van der Waals surface area contributed by atoms with Gasteiger partial charge in [0, 0.05) is 17.1 Å². The summed E-state index contributed by atoms with van der Waals surface area (Å²) in [5.74, 6) is 0. The van der Waals surface area contributed by atoms with Crippen LogP contribution in [0.1, 0.15) is 41.5 Å². The maximum Gasteiger partial charge on any atom is 0 e. The molecule has 0 aromatic heterocycles. The Hall–Kier alpha value is -0.271. The minimum Gasteiger partial charge on any atom is -0.747 e. The fraction of sp³-hybridized carbons (Fsp3) is 0.360. The van der Waals surface area contributed by atoms with Gasteiger partial charge in [0.15, 0.2) is 0 Å². The second-order valence-corrected chi connectivity index (χ2v) is 14.7. The summed E-state index contributed by atoms with van der Waals surface area (Å²) in [6.45, 7) is 13.8. The van der Waals surface area contributed by atoms with Gasteiger partial charge >= 0.3 is 0 Å². The molecule has 0 saturated heterocycles. The molecule has 29 heavy (non-hydrogen) atoms. The topological polar surface area (TPSA) is 0 Å². The number of benzene rings is 1. The molecule has 0 nitrogen and oxygen atoms in total. The zero-order valence-electron chi connectivity index (χ0n) is 18.5. The van der Waals surface area contributed by atoms with Crippen molar-refractivity contribution in [2.24, 2.45) is 0 Å². The first-order valence-electron chi connectivity index (χ1n) is 10.2. The standard InChI is InChI=1S/C14H16P.C11H19P2.Fe/c1-12(2)15(14-10-6-7-11-14)13-8-4-3-5-9-13;1-8(2)12-10-6-5-7-11(10)13-9(3)4;/h3-12H,1-2H3;5-9,12-13H,1-4H3;/q-5;-1;. The Morgan fingerprint density at radius 1 is 0.828 bits per heavy atom. The van der Waals surface area contributed by atoms with Crippen LogP contribution in [0.5, 0.6) is 0 Å². The normalized spacial score (nSPS) is 12.7. The van der Waals surface area contributed by atoms with E-state index in [9.17, 15) is 0 Å². The Balaban J connectivity index is 0.000000284. The molecule has 0 fully saturated rings. The Labute approximate surface area is 194 Å². The summed E-state index contributed by atoms with van der Waals surface area (Å²) < 4.78 is 0. The largest absolute Gasteiger partial charge is 0.747 e. The van der Waals surface area contributed by atoms with Crippen molar-refractivity contribution in [1.29, 1.82) is 0 Å². The molecule has 0 radical (unpaired) electrons. The summed E-state index contributed by atoms with van der Waals surface area (Å²) >= 11 is 0. The summed E-state index contributed by atoms with van der Waals surface area (Å²) in [5.41, 5.74) is 2.31. The molecule has 0 heterocycles. The van der Waals surface area contributed by atoms with Gasteiger partial charge in [-0.2, -0.15) is 6.07 Å². The van der Waals surface area contributed by atoms with Crippen molar-refractivity contribution in [3.05, 3.63) is 72.8 Å². The van der Waals surface area contributed by atoms with E-state index < -0.39 is 0 Å². The van der Waals surface area contributed by atoms with Gasteiger partial charge in [0.25, 0.3) is 0 Å². The van der Waals surface area contributed by atoms with E-state index in [1.165, 1.54) is 10.6 Å². The van der Waals surface area contributed by atoms with Crippen LogP contribution in [0.4, 0.5) is 0 Å². The zero-order valence-corrected chi connectivity index (χ0v) is 22.5. The fourth-order valence-corrected chi connectivity index (χ4v) is 8.17. The smallest absolute Gasteiger partial charge is 0 e. The van der Waals surface area contributed by atoms with E-state index in [2.05, 4.69) is 114 Å². The van der Waals surface area contributed by atoms with Crippen molar-refractivity contribution < 1.29 is 17.1 Å². The first-order chi connectivity index (χ1) is 13.4. The summed E-state index contributed by atoms with van der Waals surface area (Å²) in [5, 5.41) is 6.17. The van der Waals surface area contributed by atoms with Gasteiger partial charge in [0.05, 0.1) is 0 Å². The van der Waals surface area contributed by atoms with E-state index in [0.717, 1.165) is 28.5 Å². The van der Waals surface area contributed by atoms with E-state index in [0.29, 0.717) is 5.66 Å². The third-order valence-corrected chi connectivity index (χ3v) is 9.82. The number of rotatable bonds is 7. The van der Waals surface area contributed by atoms with E-state index in [4.69, 9.17) is 0 Å². The van der Waals surface area contributed by atoms with Crippen LogP contribution in [0.15, 0.2) is 72.8 Å². The van der Waals surface area contributed by atoms with Gasteiger partial charge in [-0.3, -0.25) is 7.92 Å². The molecule has 3 aromatic rings. The van der Waals surface area contributed by atoms with E-state index in [1.54, 1.807) is 10.6 Å². The van der Waals surface area contributed by atoms with Gasteiger partial charge in [0.1, 0.15) is 0 Å². The first kappa shape index (κ1) is 26.8. The monoisotopic (exact) mass is 484 g/mol. The molecule has 4 heteroatoms. The molecular weight excluding hydrogens is 449 g/mol. The Bertz CT molecular complexity index is 749. The molecule has 0 saturated carbocycles. The SMILES string of the molecule is CC(C)P(c1ccccc1)[c-]1[cH-][cH-][cH-][cH-]1.CC(C)Pc1ccc[c-]1PC(C)C.[Fe]. The predicted molar refractivity (Wildman–Crippen MR) is 138 cm³/mol. The summed E-state index contributed by atoms with van der Waals surface area (Å²) in [6.07, 6.45) is 0. The van der Waals surface area contributed by atoms with E-state index in [1.807, 2.05) is 0 Å². The third kappa shape index (κ3) is 9.18. The summed E-state index contributed by atoms with van der Waals surface area (Å²) in [6, 6.07) is 26.4. The van der Waals surface area contributed by atoms with Crippen molar-refractivity contribution in [2.45, 2.75) is 58.5 Å². The van der Waals surface area contributed by atoms with Gasteiger partial charge < -0.3 is 29.6 Å². The van der Waals surface area contributed by atoms with Gasteiger partial charge in [-0.1, -0.05) is 82.8 Å². The molecule has 0 N–H and O–H groups in total. The molecule has 0 amide bonds. The van der Waals surface area contributed by atoms with Crippen LogP contribution in [0.25, 0.3) is 0 Å². The third-order valence-electron chi connectivity index (χ3n) is 4.18. The minimum atomic E-state index is -0.173. The van der Waals surface area contributed by atoms with E-state index in [-0.39, 0.29) is 25.0 Å². The molecule has 0 aliphatic rings. The molecule has 0 bridgehead atoms. The Kier molecular flexibility index (Phi) is 12.8. The van der Waals surface area contributed by atoms with Crippen molar-refractivity contribution >= 4 is 46.3 Å². The van der Waals surface area contributed by atoms with Crippen LogP contribution in [0, 0.1) is 0 Å². The quantitative estimate of drug-likeness (QED) is 0.217. The maximum atomic E-state index is 2.31. The van der Waals surface area contributed by atoms with Crippen LogP contribution < -0.4 is 21.2 Å². The van der Waals surface area contributed by atoms with Crippen LogP contribution >= 0.6 is 25.1 Å². The van der Waals surface area contributed by atoms with Gasteiger partial charge in [0.2, 0.25) is 0 Å². The zero-order chi connectivity index (χ0) is 20.5. The molecule has 0 spiro atoms. The Morgan fingerprint density at radius 2 is 1.45 bits per heavy atom. The minimum absolute atomic E-state index is 0. The molecule has 3 unspecified atom stereocenters. The second kappa shape index (κ2) is 13.9. The van der Waals surface area contributed by atoms with Crippen molar-refractivity contribution in [1.82, 2.24) is 0 Å². The molecule has 3 rings (SSSR count). The van der Waals surface area contributed by atoms with Gasteiger partial charge in [-0.25, -0.2) is 12.1 Å². The summed E-state index contributed by atoms with van der Waals surface area (Å²) in [7, 11) is 1.81. The molecule has 3 aromatic carbocycles. The van der Waals surface area contributed by atoms with Crippen molar-refractivity contribution in [3.8, 4) is 0 Å². The number of hydrogen-bond acceptors (Lipinski definition) is 0. The van der Waals surface area contributed by atoms with Crippen LogP contribution in [0.2, 0.25) is 0 Å². The van der Waals surface area contributed by atoms with Crippen LogP contribution in [-0.2, 0) is 17.1 Å². The molecule has 0 aliphatic heterocycles. The molecule has 0 aliphatic carbocycles. The van der Waals surface area contributed by atoms with Crippen LogP contribution in [-0.4, -0.2) is 17.0 Å². The Morgan fingerprint density at radius 3 is 1.97 bits per heavy atom. The molecule has 3 atom stereocenters. The number of hydrogen-bond donors (Lipinski definition) is 0. The van der Waals surface area contributed by atoms with Crippen LogP contribution in [0.3, 0.4) is 0 Å². The van der Waals surface area contributed by atoms with Crippen molar-refractivity contribution in [3.63, 3.8) is 0 Å². The van der Waals surface area contributed by atoms with E-state index >= 15 is 0 Å².